The molecule has 0 atom stereocenters. The van der Waals surface area contributed by atoms with E-state index in [4.69, 9.17) is 5.11 Å². The molecule has 2 aromatic rings. The van der Waals surface area contributed by atoms with Crippen LogP contribution in [0.25, 0.3) is 0 Å². The first-order chi connectivity index (χ1) is 9.83. The number of hydrogen-bond acceptors (Lipinski definition) is 5. The van der Waals surface area contributed by atoms with Crippen LogP contribution in [0.5, 0.6) is 0 Å². The average molecular weight is 334 g/mol. The third-order valence-corrected chi connectivity index (χ3v) is 4.65. The quantitative estimate of drug-likeness (QED) is 0.866. The number of rotatable bonds is 5. The number of hydrogen-bond donors (Lipinski definition) is 2. The molecule has 0 bridgehead atoms. The van der Waals surface area contributed by atoms with Crippen molar-refractivity contribution in [3.8, 4) is 0 Å². The smallest absolute Gasteiger partial charge is 0.341 e. The van der Waals surface area contributed by atoms with E-state index in [-0.39, 0.29) is 6.54 Å². The number of halogens is 2. The molecule has 1 heterocycles. The summed E-state index contributed by atoms with van der Waals surface area (Å²) in [7, 11) is -4.33. The molecule has 0 radical (unpaired) electrons. The number of thiazole rings is 1. The molecule has 10 heteroatoms. The molecule has 0 saturated carbocycles. The number of nitrogens with one attached hydrogen (secondary N) is 1. The minimum absolute atomic E-state index is 0.181. The molecule has 1 aromatic heterocycles. The Balaban J connectivity index is 2.36. The van der Waals surface area contributed by atoms with Crippen molar-refractivity contribution in [3.63, 3.8) is 0 Å². The summed E-state index contributed by atoms with van der Waals surface area (Å²) < 4.78 is 53.1. The van der Waals surface area contributed by atoms with Crippen LogP contribution in [0.3, 0.4) is 0 Å². The minimum Gasteiger partial charge on any atom is -0.477 e. The van der Waals surface area contributed by atoms with Crippen LogP contribution >= 0.6 is 11.3 Å². The van der Waals surface area contributed by atoms with Crippen LogP contribution in [0.4, 0.5) is 8.78 Å². The first kappa shape index (κ1) is 15.5. The maximum atomic E-state index is 13.9. The van der Waals surface area contributed by atoms with E-state index in [1.165, 1.54) is 17.5 Å². The van der Waals surface area contributed by atoms with Crippen molar-refractivity contribution < 1.29 is 27.1 Å². The van der Waals surface area contributed by atoms with E-state index in [0.717, 1.165) is 0 Å². The summed E-state index contributed by atoms with van der Waals surface area (Å²) in [6, 6.07) is 1.26. The van der Waals surface area contributed by atoms with Gasteiger partial charge in [0.1, 0.15) is 21.3 Å². The van der Waals surface area contributed by atoms with Crippen molar-refractivity contribution in [2.24, 2.45) is 0 Å². The highest BCUT2D eigenvalue weighted by molar-refractivity contribution is 7.89. The Morgan fingerprint density at radius 2 is 2.10 bits per heavy atom. The van der Waals surface area contributed by atoms with Crippen molar-refractivity contribution in [3.05, 3.63) is 45.9 Å². The molecule has 2 N–H and O–H groups in total. The Kier molecular flexibility index (Phi) is 4.30. The number of carboxylic acid groups (broad SMARTS) is 1. The Morgan fingerprint density at radius 1 is 1.38 bits per heavy atom. The van der Waals surface area contributed by atoms with Crippen molar-refractivity contribution in [1.29, 1.82) is 0 Å². The van der Waals surface area contributed by atoms with Crippen molar-refractivity contribution in [2.75, 3.05) is 0 Å². The number of nitrogens with zero attached hydrogens (tertiary/aromatic N) is 1. The summed E-state index contributed by atoms with van der Waals surface area (Å²) in [4.78, 5) is 13.7. The van der Waals surface area contributed by atoms with Gasteiger partial charge in [0.25, 0.3) is 0 Å². The van der Waals surface area contributed by atoms with E-state index in [1.807, 2.05) is 0 Å². The van der Waals surface area contributed by atoms with Gasteiger partial charge in [0, 0.05) is 11.6 Å². The molecule has 112 valence electrons. The Hall–Kier alpha value is -1.91. The van der Waals surface area contributed by atoms with Crippen LogP contribution in [0.15, 0.2) is 28.6 Å². The maximum absolute atomic E-state index is 13.9. The zero-order valence-corrected chi connectivity index (χ0v) is 11.8. The minimum atomic E-state index is -4.33. The summed E-state index contributed by atoms with van der Waals surface area (Å²) in [5.74, 6) is -4.88. The summed E-state index contributed by atoms with van der Waals surface area (Å²) in [5, 5.41) is 10.8. The van der Waals surface area contributed by atoms with Gasteiger partial charge in [0.15, 0.2) is 5.82 Å². The lowest BCUT2D eigenvalue weighted by Gasteiger charge is -2.08. The summed E-state index contributed by atoms with van der Waals surface area (Å²) in [6.07, 6.45) is 1.47. The molecule has 0 amide bonds. The summed E-state index contributed by atoms with van der Waals surface area (Å²) >= 11 is 1.19. The van der Waals surface area contributed by atoms with Gasteiger partial charge >= 0.3 is 5.97 Å². The van der Waals surface area contributed by atoms with E-state index in [1.54, 1.807) is 5.38 Å². The number of aromatic nitrogens is 1. The number of benzene rings is 1. The number of carbonyl (C=O) groups is 1. The second-order valence-corrected chi connectivity index (χ2v) is 6.50. The predicted octanol–water partition coefficient (Wildman–Crippen LogP) is 1.60. The van der Waals surface area contributed by atoms with Gasteiger partial charge < -0.3 is 5.11 Å². The van der Waals surface area contributed by atoms with Crippen LogP contribution in [0, 0.1) is 11.6 Å². The molecule has 0 fully saturated rings. The first-order valence-corrected chi connectivity index (χ1v) is 7.78. The fourth-order valence-electron chi connectivity index (χ4n) is 1.51. The predicted molar refractivity (Wildman–Crippen MR) is 69.5 cm³/mol. The average Bonchev–Trinajstić information content (AvgIpc) is 2.88. The third-order valence-electron chi connectivity index (χ3n) is 2.46. The molecule has 6 nitrogen and oxygen atoms in total. The number of aromatic carboxylic acids is 1. The zero-order chi connectivity index (χ0) is 15.6. The second kappa shape index (κ2) is 5.84. The Morgan fingerprint density at radius 3 is 2.67 bits per heavy atom. The van der Waals surface area contributed by atoms with E-state index in [2.05, 4.69) is 9.71 Å². The van der Waals surface area contributed by atoms with Crippen LogP contribution in [0.1, 0.15) is 15.4 Å². The van der Waals surface area contributed by atoms with Gasteiger partial charge in [-0.3, -0.25) is 0 Å². The standard InChI is InChI=1S/C11H8F2N2O4S2/c12-6-1-2-7(10(13)9(6)11(16)17)21(18,19)15-5-8-14-3-4-20-8/h1-4,15H,5H2,(H,16,17). The maximum Gasteiger partial charge on any atom is 0.341 e. The van der Waals surface area contributed by atoms with Gasteiger partial charge in [0.2, 0.25) is 10.0 Å². The Labute approximate surface area is 122 Å². The van der Waals surface area contributed by atoms with Crippen molar-refractivity contribution >= 4 is 27.3 Å². The largest absolute Gasteiger partial charge is 0.477 e. The third kappa shape index (κ3) is 3.23. The molecule has 0 aliphatic carbocycles. The van der Waals surface area contributed by atoms with Gasteiger partial charge in [-0.05, 0) is 12.1 Å². The zero-order valence-electron chi connectivity index (χ0n) is 10.2. The molecule has 2 rings (SSSR count). The molecule has 0 aliphatic rings. The van der Waals surface area contributed by atoms with Gasteiger partial charge in [-0.25, -0.2) is 31.7 Å². The molecule has 21 heavy (non-hydrogen) atoms. The highest BCUT2D eigenvalue weighted by Crippen LogP contribution is 2.21. The van der Waals surface area contributed by atoms with Gasteiger partial charge in [0.05, 0.1) is 6.54 Å². The fourth-order valence-corrected chi connectivity index (χ4v) is 3.23. The van der Waals surface area contributed by atoms with E-state index in [9.17, 15) is 22.0 Å². The first-order valence-electron chi connectivity index (χ1n) is 5.42. The van der Waals surface area contributed by atoms with Gasteiger partial charge in [-0.2, -0.15) is 0 Å². The van der Waals surface area contributed by atoms with Gasteiger partial charge in [-0.15, -0.1) is 11.3 Å². The van der Waals surface area contributed by atoms with Crippen LogP contribution in [-0.4, -0.2) is 24.5 Å². The normalized spacial score (nSPS) is 11.5. The van der Waals surface area contributed by atoms with E-state index < -0.39 is 38.1 Å². The van der Waals surface area contributed by atoms with Crippen molar-refractivity contribution in [1.82, 2.24) is 9.71 Å². The highest BCUT2D eigenvalue weighted by Gasteiger charge is 2.26. The van der Waals surface area contributed by atoms with Gasteiger partial charge in [-0.1, -0.05) is 0 Å². The van der Waals surface area contributed by atoms with Crippen LogP contribution in [-0.2, 0) is 16.6 Å². The molecule has 0 saturated heterocycles. The lowest BCUT2D eigenvalue weighted by Crippen LogP contribution is -2.25. The molecule has 0 aliphatic heterocycles. The second-order valence-electron chi connectivity index (χ2n) is 3.79. The summed E-state index contributed by atoms with van der Waals surface area (Å²) in [5.41, 5.74) is -1.31. The van der Waals surface area contributed by atoms with Crippen LogP contribution < -0.4 is 4.72 Å². The van der Waals surface area contributed by atoms with E-state index in [0.29, 0.717) is 17.1 Å². The van der Waals surface area contributed by atoms with Crippen LogP contribution in [0.2, 0.25) is 0 Å². The molecular weight excluding hydrogens is 326 g/mol. The lowest BCUT2D eigenvalue weighted by molar-refractivity contribution is 0.0685. The Bertz CT molecular complexity index is 776. The summed E-state index contributed by atoms with van der Waals surface area (Å²) in [6.45, 7) is -0.181. The van der Waals surface area contributed by atoms with Crippen molar-refractivity contribution in [2.45, 2.75) is 11.4 Å². The van der Waals surface area contributed by atoms with E-state index >= 15 is 0 Å². The number of sulfonamides is 1. The topological polar surface area (TPSA) is 96.4 Å². The highest BCUT2D eigenvalue weighted by atomic mass is 32.2. The lowest BCUT2D eigenvalue weighted by atomic mass is 10.2. The SMILES string of the molecule is O=C(O)c1c(F)ccc(S(=O)(=O)NCc2nccs2)c1F. The fraction of sp³-hybridized carbons (Fsp3) is 0.0909. The number of carboxylic acids is 1. The molecule has 1 aromatic carbocycles. The molecule has 0 unspecified atom stereocenters. The monoisotopic (exact) mass is 334 g/mol. The molecular formula is C11H8F2N2O4S2. The molecule has 0 spiro atoms.